The molecule has 0 unspecified atom stereocenters. The second kappa shape index (κ2) is 13.5. The Morgan fingerprint density at radius 1 is 0.895 bits per heavy atom. The fourth-order valence-corrected chi connectivity index (χ4v) is 4.72. The van der Waals surface area contributed by atoms with Crippen molar-refractivity contribution in [3.63, 3.8) is 0 Å². The van der Waals surface area contributed by atoms with E-state index in [1.165, 1.54) is 0 Å². The number of nitrogens with one attached hydrogen (secondary N) is 1. The van der Waals surface area contributed by atoms with Gasteiger partial charge in [-0.1, -0.05) is 48.9 Å². The van der Waals surface area contributed by atoms with Crippen molar-refractivity contribution < 1.29 is 24.0 Å². The van der Waals surface area contributed by atoms with Gasteiger partial charge in [-0.15, -0.1) is 0 Å². The third-order valence-corrected chi connectivity index (χ3v) is 6.79. The number of unbranched alkanes of at least 4 members (excludes halogenated alkanes) is 1. The number of ketones is 1. The van der Waals surface area contributed by atoms with Crippen LogP contribution in [0.1, 0.15) is 53.6 Å². The minimum absolute atomic E-state index is 0.149. The molecule has 0 saturated carbocycles. The number of nitrogens with two attached hydrogens (primary N) is 3. The van der Waals surface area contributed by atoms with Gasteiger partial charge in [0, 0.05) is 30.9 Å². The van der Waals surface area contributed by atoms with Gasteiger partial charge >= 0.3 is 0 Å². The Morgan fingerprint density at radius 3 is 2.18 bits per heavy atom. The molecule has 0 spiro atoms. The highest BCUT2D eigenvalue weighted by molar-refractivity contribution is 5.99. The number of carbonyl (C=O) groups excluding carboxylic acids is 5. The highest BCUT2D eigenvalue weighted by Crippen LogP contribution is 2.28. The number of hydrogen-bond donors (Lipinski definition) is 4. The summed E-state index contributed by atoms with van der Waals surface area (Å²) in [4.78, 5) is 65.0. The number of rotatable bonds is 13. The standard InChI is InChI=1S/C28H35N5O5/c29-13-7-6-11-20(27(37)32-22(26(31)36)16-25(30)35)15-24(34)23-14-19-10-4-5-12-21(19)17-33(23)28(38)18-8-2-1-3-9-18/h1-5,8-10,12,20,22-23H,6-7,11,13-17,29H2,(H2,30,35)(H2,31,36)(H,32,37)/t20-,22+,23+/m1/s1. The van der Waals surface area contributed by atoms with Gasteiger partial charge in [0.2, 0.25) is 17.7 Å². The molecule has 3 atom stereocenters. The van der Waals surface area contributed by atoms with Crippen molar-refractivity contribution in [1.82, 2.24) is 10.2 Å². The molecule has 0 saturated heterocycles. The van der Waals surface area contributed by atoms with Crippen molar-refractivity contribution in [1.29, 1.82) is 0 Å². The first kappa shape index (κ1) is 28.5. The van der Waals surface area contributed by atoms with Crippen LogP contribution >= 0.6 is 0 Å². The van der Waals surface area contributed by atoms with E-state index in [-0.39, 0.29) is 24.7 Å². The second-order valence-electron chi connectivity index (χ2n) is 9.57. The largest absolute Gasteiger partial charge is 0.370 e. The first-order valence-electron chi connectivity index (χ1n) is 12.7. The molecule has 3 rings (SSSR count). The Morgan fingerprint density at radius 2 is 1.55 bits per heavy atom. The van der Waals surface area contributed by atoms with Crippen LogP contribution in [-0.2, 0) is 32.1 Å². The number of benzene rings is 2. The maximum absolute atomic E-state index is 13.7. The molecule has 38 heavy (non-hydrogen) atoms. The summed E-state index contributed by atoms with van der Waals surface area (Å²) in [7, 11) is 0. The van der Waals surface area contributed by atoms with Crippen LogP contribution in [0.5, 0.6) is 0 Å². The number of carbonyl (C=O) groups is 5. The molecule has 1 aliphatic rings. The van der Waals surface area contributed by atoms with E-state index in [4.69, 9.17) is 17.2 Å². The van der Waals surface area contributed by atoms with Crippen molar-refractivity contribution in [2.45, 2.75) is 57.2 Å². The Kier molecular flexibility index (Phi) is 10.1. The minimum atomic E-state index is -1.27. The SMILES string of the molecule is NCCCC[C@H](CC(=O)[C@@H]1Cc2ccccc2CN1C(=O)c1ccccc1)C(=O)N[C@@H](CC(N)=O)C(N)=O. The number of nitrogens with zero attached hydrogens (tertiary/aromatic N) is 1. The van der Waals surface area contributed by atoms with E-state index < -0.39 is 42.1 Å². The Hall–Kier alpha value is -4.05. The molecule has 0 aliphatic carbocycles. The molecule has 10 heteroatoms. The van der Waals surface area contributed by atoms with Crippen molar-refractivity contribution in [3.05, 3.63) is 71.3 Å². The molecular formula is C28H35N5O5. The third-order valence-electron chi connectivity index (χ3n) is 6.79. The zero-order valence-electron chi connectivity index (χ0n) is 21.3. The lowest BCUT2D eigenvalue weighted by Gasteiger charge is -2.36. The van der Waals surface area contributed by atoms with Crippen LogP contribution in [0.4, 0.5) is 0 Å². The van der Waals surface area contributed by atoms with Gasteiger partial charge in [-0.25, -0.2) is 0 Å². The van der Waals surface area contributed by atoms with Crippen LogP contribution in [-0.4, -0.2) is 52.9 Å². The van der Waals surface area contributed by atoms with E-state index in [1.807, 2.05) is 30.3 Å². The van der Waals surface area contributed by atoms with Crippen molar-refractivity contribution in [2.75, 3.05) is 6.54 Å². The van der Waals surface area contributed by atoms with Crippen molar-refractivity contribution in [3.8, 4) is 0 Å². The summed E-state index contributed by atoms with van der Waals surface area (Å²) in [5.74, 6) is -3.58. The van der Waals surface area contributed by atoms with Gasteiger partial charge in [-0.05, 0) is 42.6 Å². The summed E-state index contributed by atoms with van der Waals surface area (Å²) in [5, 5.41) is 2.48. The summed E-state index contributed by atoms with van der Waals surface area (Å²) in [5.41, 5.74) is 18.5. The monoisotopic (exact) mass is 521 g/mol. The number of hydrogen-bond acceptors (Lipinski definition) is 6. The van der Waals surface area contributed by atoms with Gasteiger partial charge in [-0.3, -0.25) is 24.0 Å². The van der Waals surface area contributed by atoms with Crippen LogP contribution < -0.4 is 22.5 Å². The number of fused-ring (bicyclic) bond motifs is 1. The maximum atomic E-state index is 13.7. The fourth-order valence-electron chi connectivity index (χ4n) is 4.72. The molecule has 202 valence electrons. The zero-order chi connectivity index (χ0) is 27.7. The topological polar surface area (TPSA) is 179 Å². The van der Waals surface area contributed by atoms with E-state index in [2.05, 4.69) is 5.32 Å². The lowest BCUT2D eigenvalue weighted by atomic mass is 9.86. The normalized spacial score (nSPS) is 16.1. The first-order valence-corrected chi connectivity index (χ1v) is 12.7. The fraction of sp³-hybridized carbons (Fsp3) is 0.393. The average Bonchev–Trinajstić information content (AvgIpc) is 2.91. The van der Waals surface area contributed by atoms with E-state index in [0.29, 0.717) is 37.8 Å². The lowest BCUT2D eigenvalue weighted by molar-refractivity contribution is -0.134. The quantitative estimate of drug-likeness (QED) is 0.283. The van der Waals surface area contributed by atoms with E-state index in [1.54, 1.807) is 29.2 Å². The van der Waals surface area contributed by atoms with Crippen molar-refractivity contribution in [2.24, 2.45) is 23.1 Å². The molecule has 10 nitrogen and oxygen atoms in total. The maximum Gasteiger partial charge on any atom is 0.254 e. The first-order chi connectivity index (χ1) is 18.2. The molecule has 1 heterocycles. The molecule has 0 radical (unpaired) electrons. The Labute approximate surface area is 221 Å². The molecule has 0 fully saturated rings. The summed E-state index contributed by atoms with van der Waals surface area (Å²) >= 11 is 0. The van der Waals surface area contributed by atoms with Gasteiger partial charge in [-0.2, -0.15) is 0 Å². The summed E-state index contributed by atoms with van der Waals surface area (Å²) in [6, 6.07) is 14.4. The van der Waals surface area contributed by atoms with Crippen LogP contribution in [0.15, 0.2) is 54.6 Å². The summed E-state index contributed by atoms with van der Waals surface area (Å²) in [6.07, 6.45) is 1.31. The van der Waals surface area contributed by atoms with Gasteiger partial charge in [0.1, 0.15) is 6.04 Å². The Bertz CT molecular complexity index is 1170. The molecular weight excluding hydrogens is 486 g/mol. The number of amides is 4. The minimum Gasteiger partial charge on any atom is -0.370 e. The molecule has 0 bridgehead atoms. The average molecular weight is 522 g/mol. The second-order valence-corrected chi connectivity index (χ2v) is 9.57. The smallest absolute Gasteiger partial charge is 0.254 e. The highest BCUT2D eigenvalue weighted by atomic mass is 16.2. The van der Waals surface area contributed by atoms with E-state index >= 15 is 0 Å². The predicted molar refractivity (Wildman–Crippen MR) is 141 cm³/mol. The van der Waals surface area contributed by atoms with Crippen LogP contribution in [0, 0.1) is 5.92 Å². The van der Waals surface area contributed by atoms with Gasteiger partial charge < -0.3 is 27.4 Å². The van der Waals surface area contributed by atoms with Gasteiger partial charge in [0.15, 0.2) is 5.78 Å². The highest BCUT2D eigenvalue weighted by Gasteiger charge is 2.37. The number of Topliss-reactive ketones (excluding diaryl/α,β-unsaturated/α-hetero) is 1. The van der Waals surface area contributed by atoms with Gasteiger partial charge in [0.25, 0.3) is 5.91 Å². The van der Waals surface area contributed by atoms with Crippen molar-refractivity contribution >= 4 is 29.4 Å². The predicted octanol–water partition coefficient (Wildman–Crippen LogP) is 0.804. The molecule has 1 aliphatic heterocycles. The molecule has 7 N–H and O–H groups in total. The molecule has 2 aromatic rings. The van der Waals surface area contributed by atoms with Crippen LogP contribution in [0.3, 0.4) is 0 Å². The van der Waals surface area contributed by atoms with Gasteiger partial charge in [0.05, 0.1) is 12.5 Å². The summed E-state index contributed by atoms with van der Waals surface area (Å²) < 4.78 is 0. The van der Waals surface area contributed by atoms with E-state index in [9.17, 15) is 24.0 Å². The molecule has 4 amide bonds. The van der Waals surface area contributed by atoms with Crippen LogP contribution in [0.25, 0.3) is 0 Å². The Balaban J connectivity index is 1.85. The molecule has 0 aromatic heterocycles. The van der Waals surface area contributed by atoms with E-state index in [0.717, 1.165) is 11.1 Å². The number of primary amides is 2. The van der Waals surface area contributed by atoms with Crippen LogP contribution in [0.2, 0.25) is 0 Å². The lowest BCUT2D eigenvalue weighted by Crippen LogP contribution is -2.51. The summed E-state index contributed by atoms with van der Waals surface area (Å²) in [6.45, 7) is 0.694. The third kappa shape index (κ3) is 7.48. The molecule has 2 aromatic carbocycles. The zero-order valence-corrected chi connectivity index (χ0v) is 21.3.